The number of carbonyl (C=O) groups excluding carboxylic acids is 1. The van der Waals surface area contributed by atoms with Crippen molar-refractivity contribution < 1.29 is 14.3 Å². The quantitative estimate of drug-likeness (QED) is 0.686. The molecule has 0 heterocycles. The van der Waals surface area contributed by atoms with Crippen LogP contribution >= 0.6 is 0 Å². The second-order valence-corrected chi connectivity index (χ2v) is 4.52. The molecule has 1 atom stereocenters. The Morgan fingerprint density at radius 1 is 1.31 bits per heavy atom. The molecular weight excluding hydrogens is 204 g/mol. The molecule has 16 heavy (non-hydrogen) atoms. The first-order valence-electron chi connectivity index (χ1n) is 5.70. The average molecular weight is 222 g/mol. The van der Waals surface area contributed by atoms with Crippen LogP contribution in [0.2, 0.25) is 0 Å². The Morgan fingerprint density at radius 3 is 2.50 bits per heavy atom. The number of ketones is 1. The van der Waals surface area contributed by atoms with E-state index in [0.29, 0.717) is 5.92 Å². The zero-order valence-electron chi connectivity index (χ0n) is 9.81. The highest BCUT2D eigenvalue weighted by atomic mass is 16.7. The van der Waals surface area contributed by atoms with Crippen LogP contribution in [0.4, 0.5) is 0 Å². The second-order valence-electron chi connectivity index (χ2n) is 4.52. The van der Waals surface area contributed by atoms with Gasteiger partial charge < -0.3 is 9.47 Å². The molecule has 1 unspecified atom stereocenters. The van der Waals surface area contributed by atoms with Crippen molar-refractivity contribution in [2.75, 3.05) is 14.2 Å². The molecule has 2 aliphatic carbocycles. The Kier molecular flexibility index (Phi) is 3.26. The minimum atomic E-state index is -0.190. The molecular formula is C13H18O3. The summed E-state index contributed by atoms with van der Waals surface area (Å²) in [5, 5.41) is 0. The van der Waals surface area contributed by atoms with E-state index >= 15 is 0 Å². The van der Waals surface area contributed by atoms with Crippen molar-refractivity contribution in [3.8, 4) is 0 Å². The molecule has 0 N–H and O–H groups in total. The highest BCUT2D eigenvalue weighted by Gasteiger charge is 2.44. The fourth-order valence-electron chi connectivity index (χ4n) is 2.90. The number of hydrogen-bond acceptors (Lipinski definition) is 3. The fourth-order valence-corrected chi connectivity index (χ4v) is 2.90. The molecule has 0 bridgehead atoms. The van der Waals surface area contributed by atoms with Gasteiger partial charge in [0.05, 0.1) is 0 Å². The maximum atomic E-state index is 11.2. The van der Waals surface area contributed by atoms with Crippen LogP contribution in [-0.4, -0.2) is 26.3 Å². The van der Waals surface area contributed by atoms with Crippen LogP contribution in [0.1, 0.15) is 19.3 Å². The van der Waals surface area contributed by atoms with Crippen LogP contribution in [0.3, 0.4) is 0 Å². The van der Waals surface area contributed by atoms with Crippen LogP contribution in [0.15, 0.2) is 24.3 Å². The van der Waals surface area contributed by atoms with Crippen molar-refractivity contribution in [1.82, 2.24) is 0 Å². The van der Waals surface area contributed by atoms with E-state index in [1.54, 1.807) is 26.4 Å². The summed E-state index contributed by atoms with van der Waals surface area (Å²) < 4.78 is 10.7. The summed E-state index contributed by atoms with van der Waals surface area (Å²) in [6.45, 7) is 0. The van der Waals surface area contributed by atoms with E-state index in [4.69, 9.17) is 9.47 Å². The number of ether oxygens (including phenoxy) is 2. The Balaban J connectivity index is 2.23. The molecule has 0 radical (unpaired) electrons. The van der Waals surface area contributed by atoms with Gasteiger partial charge in [-0.25, -0.2) is 0 Å². The second kappa shape index (κ2) is 4.52. The van der Waals surface area contributed by atoms with E-state index in [-0.39, 0.29) is 17.5 Å². The normalized spacial score (nSPS) is 27.2. The van der Waals surface area contributed by atoms with E-state index in [1.165, 1.54) is 0 Å². The van der Waals surface area contributed by atoms with Crippen LogP contribution in [-0.2, 0) is 14.3 Å². The molecule has 0 amide bonds. The Morgan fingerprint density at radius 2 is 1.94 bits per heavy atom. The van der Waals surface area contributed by atoms with E-state index < -0.39 is 0 Å². The molecule has 1 saturated carbocycles. The minimum absolute atomic E-state index is 0.0371. The molecule has 3 heteroatoms. The average Bonchev–Trinajstić information content (AvgIpc) is 2.69. The molecule has 2 aliphatic rings. The van der Waals surface area contributed by atoms with Gasteiger partial charge in [0.1, 0.15) is 0 Å². The van der Waals surface area contributed by atoms with Gasteiger partial charge in [-0.3, -0.25) is 4.79 Å². The topological polar surface area (TPSA) is 35.5 Å². The number of rotatable bonds is 3. The predicted molar refractivity (Wildman–Crippen MR) is 60.9 cm³/mol. The van der Waals surface area contributed by atoms with Crippen LogP contribution in [0.25, 0.3) is 0 Å². The summed E-state index contributed by atoms with van der Waals surface area (Å²) in [5.74, 6) is 0.380. The third kappa shape index (κ3) is 1.85. The van der Waals surface area contributed by atoms with Crippen LogP contribution in [0.5, 0.6) is 0 Å². The van der Waals surface area contributed by atoms with Crippen molar-refractivity contribution >= 4 is 5.78 Å². The highest BCUT2D eigenvalue weighted by Crippen LogP contribution is 2.49. The maximum absolute atomic E-state index is 11.2. The third-order valence-corrected chi connectivity index (χ3v) is 3.72. The SMILES string of the molecule is COC(OC)C1CCCC12C=CC(=O)C=C2. The third-order valence-electron chi connectivity index (χ3n) is 3.72. The zero-order chi connectivity index (χ0) is 11.6. The fraction of sp³-hybridized carbons (Fsp3) is 0.615. The molecule has 88 valence electrons. The highest BCUT2D eigenvalue weighted by molar-refractivity contribution is 6.00. The lowest BCUT2D eigenvalue weighted by Crippen LogP contribution is -2.35. The largest absolute Gasteiger partial charge is 0.356 e. The van der Waals surface area contributed by atoms with Crippen molar-refractivity contribution in [2.45, 2.75) is 25.6 Å². The summed E-state index contributed by atoms with van der Waals surface area (Å²) >= 11 is 0. The monoisotopic (exact) mass is 222 g/mol. The Bertz CT molecular complexity index is 310. The number of carbonyl (C=O) groups is 1. The van der Waals surface area contributed by atoms with Crippen molar-refractivity contribution in [3.05, 3.63) is 24.3 Å². The van der Waals surface area contributed by atoms with Crippen LogP contribution in [0, 0.1) is 11.3 Å². The zero-order valence-corrected chi connectivity index (χ0v) is 9.81. The summed E-state index contributed by atoms with van der Waals surface area (Å²) in [7, 11) is 3.34. The van der Waals surface area contributed by atoms with Gasteiger partial charge >= 0.3 is 0 Å². The van der Waals surface area contributed by atoms with Gasteiger partial charge in [-0.1, -0.05) is 18.6 Å². The summed E-state index contributed by atoms with van der Waals surface area (Å²) in [4.78, 5) is 11.2. The first-order valence-corrected chi connectivity index (χ1v) is 5.70. The van der Waals surface area contributed by atoms with Gasteiger partial charge in [0.2, 0.25) is 0 Å². The number of methoxy groups -OCH3 is 2. The maximum Gasteiger partial charge on any atom is 0.178 e. The molecule has 1 fully saturated rings. The number of allylic oxidation sites excluding steroid dienone is 4. The van der Waals surface area contributed by atoms with E-state index in [9.17, 15) is 4.79 Å². The molecule has 0 aliphatic heterocycles. The Labute approximate surface area is 96.1 Å². The van der Waals surface area contributed by atoms with Gasteiger partial charge in [-0.15, -0.1) is 0 Å². The Hall–Kier alpha value is -0.930. The number of hydrogen-bond donors (Lipinski definition) is 0. The summed E-state index contributed by atoms with van der Waals surface area (Å²) in [5.41, 5.74) is -0.0371. The van der Waals surface area contributed by atoms with Gasteiger partial charge in [0.25, 0.3) is 0 Å². The molecule has 0 saturated heterocycles. The van der Waals surface area contributed by atoms with Crippen LogP contribution < -0.4 is 0 Å². The summed E-state index contributed by atoms with van der Waals surface area (Å²) in [6.07, 6.45) is 10.5. The lowest BCUT2D eigenvalue weighted by atomic mass is 9.74. The van der Waals surface area contributed by atoms with Gasteiger partial charge in [-0.05, 0) is 25.0 Å². The predicted octanol–water partition coefficient (Wildman–Crippen LogP) is 2.09. The molecule has 0 aromatic rings. The van der Waals surface area contributed by atoms with E-state index in [2.05, 4.69) is 0 Å². The summed E-state index contributed by atoms with van der Waals surface area (Å²) in [6, 6.07) is 0. The van der Waals surface area contributed by atoms with Crippen molar-refractivity contribution in [1.29, 1.82) is 0 Å². The standard InChI is InChI=1S/C13H18O3/c1-15-12(16-2)11-4-3-7-13(11)8-5-10(14)6-9-13/h5-6,8-9,11-12H,3-4,7H2,1-2H3. The molecule has 3 nitrogen and oxygen atoms in total. The molecule has 1 spiro atoms. The van der Waals surface area contributed by atoms with Crippen molar-refractivity contribution in [3.63, 3.8) is 0 Å². The van der Waals surface area contributed by atoms with Gasteiger partial charge in [0, 0.05) is 25.6 Å². The van der Waals surface area contributed by atoms with Gasteiger partial charge in [0.15, 0.2) is 12.1 Å². The lowest BCUT2D eigenvalue weighted by Gasteiger charge is -2.34. The molecule has 0 aromatic heterocycles. The van der Waals surface area contributed by atoms with Gasteiger partial charge in [-0.2, -0.15) is 0 Å². The first-order chi connectivity index (χ1) is 7.72. The molecule has 2 rings (SSSR count). The first kappa shape index (κ1) is 11.6. The minimum Gasteiger partial charge on any atom is -0.356 e. The smallest absolute Gasteiger partial charge is 0.178 e. The van der Waals surface area contributed by atoms with Crippen molar-refractivity contribution in [2.24, 2.45) is 11.3 Å². The van der Waals surface area contributed by atoms with E-state index in [0.717, 1.165) is 19.3 Å². The molecule has 0 aromatic carbocycles. The lowest BCUT2D eigenvalue weighted by molar-refractivity contribution is -0.148. The van der Waals surface area contributed by atoms with E-state index in [1.807, 2.05) is 12.2 Å².